The van der Waals surface area contributed by atoms with Crippen LogP contribution in [0.2, 0.25) is 0 Å². The van der Waals surface area contributed by atoms with Crippen molar-refractivity contribution in [3.8, 4) is 5.75 Å². The molecule has 1 aliphatic rings. The van der Waals surface area contributed by atoms with E-state index in [0.717, 1.165) is 59.4 Å². The Balaban J connectivity index is 0.00000156. The highest BCUT2D eigenvalue weighted by Gasteiger charge is 2.19. The van der Waals surface area contributed by atoms with Crippen molar-refractivity contribution in [2.45, 2.75) is 45.7 Å². The van der Waals surface area contributed by atoms with Crippen LogP contribution < -0.4 is 20.9 Å². The summed E-state index contributed by atoms with van der Waals surface area (Å²) in [6.45, 7) is 8.01. The van der Waals surface area contributed by atoms with Crippen LogP contribution in [0, 0.1) is 0 Å². The maximum absolute atomic E-state index is 12.4. The summed E-state index contributed by atoms with van der Waals surface area (Å²) in [7, 11) is 1.68. The number of aromatic amines is 1. The normalized spacial score (nSPS) is 13.3. The lowest BCUT2D eigenvalue weighted by Crippen LogP contribution is -2.35. The molecule has 5 nitrogen and oxygen atoms in total. The number of hydrogen-bond donors (Lipinski definition) is 3. The van der Waals surface area contributed by atoms with Crippen LogP contribution >= 0.6 is 24.8 Å². The molecular weight excluding hydrogens is 361 g/mol. The number of fused-ring (bicyclic) bond motifs is 3. The van der Waals surface area contributed by atoms with Crippen LogP contribution in [-0.2, 0) is 13.0 Å². The number of rotatable bonds is 3. The van der Waals surface area contributed by atoms with Gasteiger partial charge < -0.3 is 20.4 Å². The van der Waals surface area contributed by atoms with E-state index in [0.29, 0.717) is 0 Å². The van der Waals surface area contributed by atoms with Gasteiger partial charge in [0.25, 0.3) is 5.56 Å². The van der Waals surface area contributed by atoms with E-state index in [1.165, 1.54) is 0 Å². The third-order valence-corrected chi connectivity index (χ3v) is 4.18. The molecular formula is C18H27Cl2N3O2. The Morgan fingerprint density at radius 1 is 1.24 bits per heavy atom. The van der Waals surface area contributed by atoms with E-state index in [4.69, 9.17) is 4.74 Å². The van der Waals surface area contributed by atoms with Crippen LogP contribution in [0.15, 0.2) is 16.9 Å². The number of methoxy groups -OCH3 is 1. The summed E-state index contributed by atoms with van der Waals surface area (Å²) in [4.78, 5) is 15.4. The van der Waals surface area contributed by atoms with Crippen molar-refractivity contribution >= 4 is 41.4 Å². The number of hydrogen-bond acceptors (Lipinski definition) is 4. The van der Waals surface area contributed by atoms with Crippen molar-refractivity contribution in [3.63, 3.8) is 0 Å². The SMILES string of the molecule is COc1cc(CNC(C)(C)C)cc2[nH]c(=O)c3c(c12)NCCC3.Cl.Cl. The molecule has 25 heavy (non-hydrogen) atoms. The molecule has 0 atom stereocenters. The largest absolute Gasteiger partial charge is 0.496 e. The first kappa shape index (κ1) is 21.6. The summed E-state index contributed by atoms with van der Waals surface area (Å²) in [5.41, 5.74) is 3.73. The van der Waals surface area contributed by atoms with Crippen molar-refractivity contribution in [3.05, 3.63) is 33.6 Å². The summed E-state index contributed by atoms with van der Waals surface area (Å²) in [5, 5.41) is 7.82. The molecule has 0 spiro atoms. The zero-order valence-electron chi connectivity index (χ0n) is 15.1. The highest BCUT2D eigenvalue weighted by molar-refractivity contribution is 5.98. The molecule has 0 saturated heterocycles. The number of ether oxygens (including phenoxy) is 1. The highest BCUT2D eigenvalue weighted by Crippen LogP contribution is 2.35. The standard InChI is InChI=1S/C18H25N3O2.2ClH/c1-18(2,3)20-10-11-8-13-15(14(9-11)23-4)16-12(17(22)21-13)6-5-7-19-16;;/h8-9,19-20H,5-7,10H2,1-4H3,(H,21,22);2*1H. The lowest BCUT2D eigenvalue weighted by molar-refractivity contribution is 0.413. The Hall–Kier alpha value is -1.43. The van der Waals surface area contributed by atoms with Gasteiger partial charge in [-0.2, -0.15) is 0 Å². The van der Waals surface area contributed by atoms with E-state index in [9.17, 15) is 4.79 Å². The van der Waals surface area contributed by atoms with Gasteiger partial charge in [0.15, 0.2) is 0 Å². The third-order valence-electron chi connectivity index (χ3n) is 4.18. The molecule has 0 radical (unpaired) electrons. The van der Waals surface area contributed by atoms with Crippen LogP contribution in [0.25, 0.3) is 10.9 Å². The maximum Gasteiger partial charge on any atom is 0.253 e. The molecule has 0 fully saturated rings. The Labute approximate surface area is 160 Å². The third kappa shape index (κ3) is 4.60. The van der Waals surface area contributed by atoms with E-state index in [-0.39, 0.29) is 35.9 Å². The average Bonchev–Trinajstić information content (AvgIpc) is 2.51. The lowest BCUT2D eigenvalue weighted by atomic mass is 9.99. The van der Waals surface area contributed by atoms with Gasteiger partial charge in [0.1, 0.15) is 5.75 Å². The molecule has 0 bridgehead atoms. The minimum atomic E-state index is 0. The second kappa shape index (κ2) is 8.30. The smallest absolute Gasteiger partial charge is 0.253 e. The summed E-state index contributed by atoms with van der Waals surface area (Å²) < 4.78 is 5.62. The molecule has 0 amide bonds. The minimum absolute atomic E-state index is 0. The van der Waals surface area contributed by atoms with Crippen LogP contribution in [-0.4, -0.2) is 24.2 Å². The fourth-order valence-electron chi connectivity index (χ4n) is 3.03. The van der Waals surface area contributed by atoms with Crippen molar-refractivity contribution in [1.29, 1.82) is 0 Å². The number of nitrogens with one attached hydrogen (secondary N) is 3. The molecule has 3 rings (SSSR count). The second-order valence-corrected chi connectivity index (χ2v) is 7.16. The summed E-state index contributed by atoms with van der Waals surface area (Å²) in [5.74, 6) is 0.801. The van der Waals surface area contributed by atoms with Gasteiger partial charge in [-0.25, -0.2) is 0 Å². The predicted molar refractivity (Wildman–Crippen MR) is 109 cm³/mol. The van der Waals surface area contributed by atoms with Crippen LogP contribution in [0.3, 0.4) is 0 Å². The van der Waals surface area contributed by atoms with Gasteiger partial charge in [-0.05, 0) is 51.3 Å². The van der Waals surface area contributed by atoms with Gasteiger partial charge in [0.2, 0.25) is 0 Å². The number of anilines is 1. The molecule has 0 aliphatic carbocycles. The molecule has 1 aromatic carbocycles. The first-order valence-corrected chi connectivity index (χ1v) is 8.14. The van der Waals surface area contributed by atoms with Crippen molar-refractivity contribution in [2.24, 2.45) is 0 Å². The topological polar surface area (TPSA) is 66.1 Å². The first-order valence-electron chi connectivity index (χ1n) is 8.14. The highest BCUT2D eigenvalue weighted by atomic mass is 35.5. The number of aromatic nitrogens is 1. The predicted octanol–water partition coefficient (Wildman–Crippen LogP) is 3.63. The lowest BCUT2D eigenvalue weighted by Gasteiger charge is -2.23. The summed E-state index contributed by atoms with van der Waals surface area (Å²) in [6, 6.07) is 4.09. The fourth-order valence-corrected chi connectivity index (χ4v) is 3.03. The first-order chi connectivity index (χ1) is 10.9. The van der Waals surface area contributed by atoms with Gasteiger partial charge >= 0.3 is 0 Å². The quantitative estimate of drug-likeness (QED) is 0.751. The van der Waals surface area contributed by atoms with Gasteiger partial charge in [-0.15, -0.1) is 24.8 Å². The number of halogens is 2. The molecule has 0 unspecified atom stereocenters. The van der Waals surface area contributed by atoms with E-state index in [1.807, 2.05) is 6.07 Å². The molecule has 1 aromatic heterocycles. The Morgan fingerprint density at radius 2 is 1.96 bits per heavy atom. The summed E-state index contributed by atoms with van der Waals surface area (Å²) >= 11 is 0. The molecule has 2 heterocycles. The van der Waals surface area contributed by atoms with Gasteiger partial charge in [0, 0.05) is 24.2 Å². The maximum atomic E-state index is 12.4. The Morgan fingerprint density at radius 3 is 2.60 bits per heavy atom. The average molecular weight is 388 g/mol. The van der Waals surface area contributed by atoms with Gasteiger partial charge in [-0.3, -0.25) is 4.79 Å². The zero-order valence-corrected chi connectivity index (χ0v) is 16.7. The molecule has 7 heteroatoms. The monoisotopic (exact) mass is 387 g/mol. The molecule has 3 N–H and O–H groups in total. The number of H-pyrrole nitrogens is 1. The van der Waals surface area contributed by atoms with Crippen LogP contribution in [0.1, 0.15) is 38.3 Å². The molecule has 2 aromatic rings. The van der Waals surface area contributed by atoms with Crippen LogP contribution in [0.5, 0.6) is 5.75 Å². The van der Waals surface area contributed by atoms with Crippen LogP contribution in [0.4, 0.5) is 5.69 Å². The number of benzene rings is 1. The molecule has 140 valence electrons. The Bertz CT molecular complexity index is 797. The van der Waals surface area contributed by atoms with Gasteiger partial charge in [0.05, 0.1) is 23.7 Å². The minimum Gasteiger partial charge on any atom is -0.496 e. The fraction of sp³-hybridized carbons (Fsp3) is 0.500. The van der Waals surface area contributed by atoms with Crippen molar-refractivity contribution in [2.75, 3.05) is 19.0 Å². The van der Waals surface area contributed by atoms with E-state index in [1.54, 1.807) is 7.11 Å². The van der Waals surface area contributed by atoms with E-state index in [2.05, 4.69) is 42.5 Å². The molecule has 0 saturated carbocycles. The zero-order chi connectivity index (χ0) is 16.6. The van der Waals surface area contributed by atoms with E-state index >= 15 is 0 Å². The number of pyridine rings is 1. The summed E-state index contributed by atoms with van der Waals surface area (Å²) in [6.07, 6.45) is 1.79. The van der Waals surface area contributed by atoms with Gasteiger partial charge in [-0.1, -0.05) is 0 Å². The van der Waals surface area contributed by atoms with Crippen molar-refractivity contribution < 1.29 is 4.74 Å². The Kier molecular flexibility index (Phi) is 7.18. The molecule has 1 aliphatic heterocycles. The van der Waals surface area contributed by atoms with E-state index < -0.39 is 0 Å². The second-order valence-electron chi connectivity index (χ2n) is 7.16. The van der Waals surface area contributed by atoms with Crippen molar-refractivity contribution in [1.82, 2.24) is 10.3 Å².